The Morgan fingerprint density at radius 2 is 2.23 bits per heavy atom. The molecule has 1 N–H and O–H groups in total. The molecule has 68 valence electrons. The average Bonchev–Trinajstić information content (AvgIpc) is 2.47. The van der Waals surface area contributed by atoms with Crippen molar-refractivity contribution in [2.75, 3.05) is 5.32 Å². The molecule has 0 saturated carbocycles. The fourth-order valence-corrected chi connectivity index (χ4v) is 1.59. The molecule has 1 aromatic rings. The fraction of sp³-hybridized carbons (Fsp3) is 0.300. The number of aryl methyl sites for hydroxylation is 2. The van der Waals surface area contributed by atoms with Crippen molar-refractivity contribution in [2.24, 2.45) is 0 Å². The Bertz CT molecular complexity index is 360. The number of hydrogen-bond acceptors (Lipinski definition) is 3. The van der Waals surface area contributed by atoms with E-state index in [1.54, 1.807) is 0 Å². The number of nitrogens with one attached hydrogen (secondary N) is 1. The summed E-state index contributed by atoms with van der Waals surface area (Å²) in [7, 11) is 0. The van der Waals surface area contributed by atoms with Crippen LogP contribution in [0.25, 0.3) is 0 Å². The predicted molar refractivity (Wildman–Crippen MR) is 50.0 cm³/mol. The quantitative estimate of drug-likeness (QED) is 0.662. The van der Waals surface area contributed by atoms with E-state index in [2.05, 4.69) is 5.32 Å². The lowest BCUT2D eigenvalue weighted by Gasteiger charge is -2.03. The molecule has 3 heteroatoms. The molecule has 1 heterocycles. The normalized spacial score (nSPS) is 18.8. The lowest BCUT2D eigenvalue weighted by atomic mass is 10.1. The van der Waals surface area contributed by atoms with Gasteiger partial charge in [-0.05, 0) is 31.0 Å². The summed E-state index contributed by atoms with van der Waals surface area (Å²) in [5, 5.41) is 2.98. The van der Waals surface area contributed by atoms with Crippen molar-refractivity contribution in [3.63, 3.8) is 0 Å². The van der Waals surface area contributed by atoms with Crippen molar-refractivity contribution in [1.82, 2.24) is 0 Å². The van der Waals surface area contributed by atoms with Crippen LogP contribution in [-0.4, -0.2) is 12.5 Å². The number of anilines is 1. The fourth-order valence-electron chi connectivity index (χ4n) is 1.59. The summed E-state index contributed by atoms with van der Waals surface area (Å²) in [6.07, 6.45) is 0.241. The van der Waals surface area contributed by atoms with Crippen LogP contribution in [0.4, 0.5) is 5.69 Å². The van der Waals surface area contributed by atoms with Gasteiger partial charge in [0.15, 0.2) is 6.29 Å². The summed E-state index contributed by atoms with van der Waals surface area (Å²) in [5.74, 6) is 0.794. The van der Waals surface area contributed by atoms with Crippen molar-refractivity contribution in [3.8, 4) is 5.75 Å². The third-order valence-electron chi connectivity index (χ3n) is 2.09. The molecule has 13 heavy (non-hydrogen) atoms. The Hall–Kier alpha value is -1.51. The van der Waals surface area contributed by atoms with E-state index < -0.39 is 6.23 Å². The van der Waals surface area contributed by atoms with E-state index in [1.807, 2.05) is 26.0 Å². The first-order valence-corrected chi connectivity index (χ1v) is 4.20. The number of benzene rings is 1. The van der Waals surface area contributed by atoms with Crippen LogP contribution in [0, 0.1) is 13.8 Å². The number of rotatable bonds is 1. The van der Waals surface area contributed by atoms with Crippen molar-refractivity contribution in [2.45, 2.75) is 20.1 Å². The lowest BCUT2D eigenvalue weighted by molar-refractivity contribution is -0.112. The molecule has 0 radical (unpaired) electrons. The highest BCUT2D eigenvalue weighted by atomic mass is 16.5. The molecule has 0 saturated heterocycles. The second-order valence-corrected chi connectivity index (χ2v) is 3.28. The van der Waals surface area contributed by atoms with Gasteiger partial charge < -0.3 is 10.1 Å². The van der Waals surface area contributed by atoms with Gasteiger partial charge in [0.1, 0.15) is 5.75 Å². The molecular weight excluding hydrogens is 166 g/mol. The first-order valence-electron chi connectivity index (χ1n) is 4.20. The summed E-state index contributed by atoms with van der Waals surface area (Å²) < 4.78 is 5.36. The molecule has 0 bridgehead atoms. The van der Waals surface area contributed by atoms with Gasteiger partial charge in [-0.3, -0.25) is 4.79 Å². The molecule has 0 amide bonds. The molecule has 1 aliphatic heterocycles. The van der Waals surface area contributed by atoms with Crippen LogP contribution in [0.2, 0.25) is 0 Å². The maximum Gasteiger partial charge on any atom is 0.226 e. The van der Waals surface area contributed by atoms with Crippen LogP contribution in [0.3, 0.4) is 0 Å². The van der Waals surface area contributed by atoms with E-state index in [-0.39, 0.29) is 0 Å². The SMILES string of the molecule is Cc1cc(C)c2c(c1)NC(C=O)O2. The molecular formula is C10H11NO2. The van der Waals surface area contributed by atoms with Crippen LogP contribution in [-0.2, 0) is 4.79 Å². The van der Waals surface area contributed by atoms with Crippen LogP contribution < -0.4 is 10.1 Å². The molecule has 3 nitrogen and oxygen atoms in total. The summed E-state index contributed by atoms with van der Waals surface area (Å²) in [4.78, 5) is 10.5. The van der Waals surface area contributed by atoms with Gasteiger partial charge in [-0.2, -0.15) is 0 Å². The van der Waals surface area contributed by atoms with Gasteiger partial charge in [0, 0.05) is 0 Å². The Kier molecular flexibility index (Phi) is 1.72. The Morgan fingerprint density at radius 3 is 2.92 bits per heavy atom. The summed E-state index contributed by atoms with van der Waals surface area (Å²) in [5.41, 5.74) is 3.14. The minimum atomic E-state index is -0.518. The highest BCUT2D eigenvalue weighted by Crippen LogP contribution is 2.35. The van der Waals surface area contributed by atoms with E-state index in [9.17, 15) is 4.79 Å². The summed E-state index contributed by atoms with van der Waals surface area (Å²) >= 11 is 0. The highest BCUT2D eigenvalue weighted by Gasteiger charge is 2.22. The average molecular weight is 177 g/mol. The number of ether oxygens (including phenoxy) is 1. The maximum atomic E-state index is 10.5. The van der Waals surface area contributed by atoms with E-state index in [4.69, 9.17) is 4.74 Å². The molecule has 0 aromatic heterocycles. The van der Waals surface area contributed by atoms with Crippen molar-refractivity contribution < 1.29 is 9.53 Å². The minimum Gasteiger partial charge on any atom is -0.461 e. The molecule has 0 spiro atoms. The second kappa shape index (κ2) is 2.76. The number of carbonyl (C=O) groups excluding carboxylic acids is 1. The molecule has 1 unspecified atom stereocenters. The Morgan fingerprint density at radius 1 is 1.46 bits per heavy atom. The van der Waals surface area contributed by atoms with Gasteiger partial charge in [-0.15, -0.1) is 0 Å². The highest BCUT2D eigenvalue weighted by molar-refractivity contribution is 5.73. The number of carbonyl (C=O) groups is 1. The maximum absolute atomic E-state index is 10.5. The lowest BCUT2D eigenvalue weighted by Crippen LogP contribution is -2.21. The van der Waals surface area contributed by atoms with E-state index in [1.165, 1.54) is 5.56 Å². The summed E-state index contributed by atoms with van der Waals surface area (Å²) in [6.45, 7) is 3.99. The number of hydrogen-bond donors (Lipinski definition) is 1. The number of aldehydes is 1. The van der Waals surface area contributed by atoms with Gasteiger partial charge in [0.2, 0.25) is 6.23 Å². The second-order valence-electron chi connectivity index (χ2n) is 3.28. The van der Waals surface area contributed by atoms with Gasteiger partial charge in [0.05, 0.1) is 5.69 Å². The van der Waals surface area contributed by atoms with Gasteiger partial charge in [0.25, 0.3) is 0 Å². The summed E-state index contributed by atoms with van der Waals surface area (Å²) in [6, 6.07) is 4.01. The van der Waals surface area contributed by atoms with Crippen LogP contribution in [0.5, 0.6) is 5.75 Å². The standard InChI is InChI=1S/C10H11NO2/c1-6-3-7(2)10-8(4-6)11-9(5-12)13-10/h3-5,9,11H,1-2H3. The zero-order chi connectivity index (χ0) is 9.42. The Balaban J connectivity index is 2.45. The Labute approximate surface area is 76.7 Å². The van der Waals surface area contributed by atoms with Crippen molar-refractivity contribution in [3.05, 3.63) is 23.3 Å². The first kappa shape index (κ1) is 8.10. The van der Waals surface area contributed by atoms with E-state index in [0.717, 1.165) is 23.3 Å². The minimum absolute atomic E-state index is 0.518. The molecule has 1 atom stereocenters. The third kappa shape index (κ3) is 1.26. The van der Waals surface area contributed by atoms with E-state index in [0.29, 0.717) is 0 Å². The van der Waals surface area contributed by atoms with Crippen LogP contribution >= 0.6 is 0 Å². The van der Waals surface area contributed by atoms with Crippen LogP contribution in [0.1, 0.15) is 11.1 Å². The molecule has 0 fully saturated rings. The monoisotopic (exact) mass is 177 g/mol. The predicted octanol–water partition coefficient (Wildman–Crippen LogP) is 1.63. The molecule has 0 aliphatic carbocycles. The first-order chi connectivity index (χ1) is 6.20. The topological polar surface area (TPSA) is 38.3 Å². The molecule has 2 rings (SSSR count). The smallest absolute Gasteiger partial charge is 0.226 e. The van der Waals surface area contributed by atoms with Gasteiger partial charge >= 0.3 is 0 Å². The third-order valence-corrected chi connectivity index (χ3v) is 2.09. The molecule has 1 aromatic carbocycles. The van der Waals surface area contributed by atoms with E-state index >= 15 is 0 Å². The van der Waals surface area contributed by atoms with Crippen LogP contribution in [0.15, 0.2) is 12.1 Å². The zero-order valence-electron chi connectivity index (χ0n) is 7.63. The largest absolute Gasteiger partial charge is 0.461 e. The van der Waals surface area contributed by atoms with Gasteiger partial charge in [-0.25, -0.2) is 0 Å². The zero-order valence-corrected chi connectivity index (χ0v) is 7.63. The number of fused-ring (bicyclic) bond motifs is 1. The van der Waals surface area contributed by atoms with Crippen molar-refractivity contribution >= 4 is 12.0 Å². The molecule has 1 aliphatic rings. The van der Waals surface area contributed by atoms with Gasteiger partial charge in [-0.1, -0.05) is 6.07 Å². The van der Waals surface area contributed by atoms with Crippen molar-refractivity contribution in [1.29, 1.82) is 0 Å².